The SMILES string of the molecule is CCOc1ccc(C(=O)N=C(N)c2cncc(COCOC)c2)cc1OCC. The fraction of sp³-hybridized carbons (Fsp3) is 0.350. The highest BCUT2D eigenvalue weighted by molar-refractivity contribution is 6.08. The van der Waals surface area contributed by atoms with Crippen molar-refractivity contribution in [3.8, 4) is 11.5 Å². The number of amides is 1. The molecular weight excluding hydrogens is 362 g/mol. The summed E-state index contributed by atoms with van der Waals surface area (Å²) in [4.78, 5) is 20.6. The van der Waals surface area contributed by atoms with Crippen LogP contribution in [0, 0.1) is 0 Å². The molecule has 0 saturated heterocycles. The number of carbonyl (C=O) groups excluding carboxylic acids is 1. The molecule has 2 rings (SSSR count). The Morgan fingerprint density at radius 1 is 1.07 bits per heavy atom. The third kappa shape index (κ3) is 6.04. The van der Waals surface area contributed by atoms with Crippen LogP contribution in [0.15, 0.2) is 41.7 Å². The van der Waals surface area contributed by atoms with Gasteiger partial charge in [0.1, 0.15) is 12.6 Å². The van der Waals surface area contributed by atoms with E-state index in [0.29, 0.717) is 42.4 Å². The number of nitrogens with zero attached hydrogens (tertiary/aromatic N) is 2. The molecule has 0 bridgehead atoms. The summed E-state index contributed by atoms with van der Waals surface area (Å²) < 4.78 is 21.2. The molecule has 0 spiro atoms. The summed E-state index contributed by atoms with van der Waals surface area (Å²) in [5, 5.41) is 0. The van der Waals surface area contributed by atoms with E-state index in [-0.39, 0.29) is 12.6 Å². The molecule has 1 heterocycles. The summed E-state index contributed by atoms with van der Waals surface area (Å²) in [5.74, 6) is 0.647. The summed E-state index contributed by atoms with van der Waals surface area (Å²) in [6, 6.07) is 6.67. The summed E-state index contributed by atoms with van der Waals surface area (Å²) in [5.41, 5.74) is 7.67. The number of carbonyl (C=O) groups is 1. The average molecular weight is 387 g/mol. The predicted molar refractivity (Wildman–Crippen MR) is 105 cm³/mol. The van der Waals surface area contributed by atoms with Gasteiger partial charge in [0.2, 0.25) is 0 Å². The second-order valence-corrected chi connectivity index (χ2v) is 5.67. The Hall–Kier alpha value is -2.97. The van der Waals surface area contributed by atoms with Gasteiger partial charge in [-0.1, -0.05) is 0 Å². The van der Waals surface area contributed by atoms with Gasteiger partial charge in [-0.15, -0.1) is 0 Å². The van der Waals surface area contributed by atoms with E-state index >= 15 is 0 Å². The minimum atomic E-state index is -0.484. The standard InChI is InChI=1S/C20H25N3O5/c1-4-27-17-7-6-15(9-18(17)28-5-2)20(24)23-19(21)16-8-14(10-22-11-16)12-26-13-25-3/h6-11H,4-5,12-13H2,1-3H3,(H2,21,23,24). The average Bonchev–Trinajstić information content (AvgIpc) is 2.70. The van der Waals surface area contributed by atoms with Crippen LogP contribution in [0.4, 0.5) is 0 Å². The molecule has 0 aliphatic rings. The Labute approximate surface area is 164 Å². The minimum absolute atomic E-state index is 0.0675. The summed E-state index contributed by atoms with van der Waals surface area (Å²) in [6.07, 6.45) is 3.19. The highest BCUT2D eigenvalue weighted by Crippen LogP contribution is 2.28. The van der Waals surface area contributed by atoms with Crippen molar-refractivity contribution < 1.29 is 23.7 Å². The minimum Gasteiger partial charge on any atom is -0.490 e. The quantitative estimate of drug-likeness (QED) is 0.289. The summed E-state index contributed by atoms with van der Waals surface area (Å²) in [6.45, 7) is 5.17. The predicted octanol–water partition coefficient (Wildman–Crippen LogP) is 2.55. The first-order valence-electron chi connectivity index (χ1n) is 8.88. The molecule has 0 aliphatic heterocycles. The molecule has 0 fully saturated rings. The van der Waals surface area contributed by atoms with Gasteiger partial charge in [-0.25, -0.2) is 0 Å². The topological polar surface area (TPSA) is 105 Å². The van der Waals surface area contributed by atoms with E-state index in [0.717, 1.165) is 5.56 Å². The van der Waals surface area contributed by atoms with Crippen LogP contribution in [-0.4, -0.2) is 43.8 Å². The molecule has 0 saturated carbocycles. The van der Waals surface area contributed by atoms with E-state index in [1.54, 1.807) is 37.6 Å². The van der Waals surface area contributed by atoms with Gasteiger partial charge in [0.05, 0.1) is 19.8 Å². The molecule has 1 amide bonds. The first-order chi connectivity index (χ1) is 13.6. The number of aromatic nitrogens is 1. The van der Waals surface area contributed by atoms with Crippen molar-refractivity contribution in [1.82, 2.24) is 4.98 Å². The molecule has 0 radical (unpaired) electrons. The summed E-state index contributed by atoms with van der Waals surface area (Å²) in [7, 11) is 1.54. The Morgan fingerprint density at radius 2 is 1.82 bits per heavy atom. The van der Waals surface area contributed by atoms with Crippen molar-refractivity contribution in [2.45, 2.75) is 20.5 Å². The third-order valence-electron chi connectivity index (χ3n) is 3.57. The Kier molecular flexibility index (Phi) is 8.38. The second-order valence-electron chi connectivity index (χ2n) is 5.67. The Balaban J connectivity index is 2.19. The molecule has 2 aromatic rings. The van der Waals surface area contributed by atoms with Crippen LogP contribution in [0.1, 0.15) is 35.3 Å². The second kappa shape index (κ2) is 11.0. The number of rotatable bonds is 10. The van der Waals surface area contributed by atoms with E-state index in [1.807, 2.05) is 13.8 Å². The van der Waals surface area contributed by atoms with E-state index in [9.17, 15) is 4.79 Å². The molecule has 1 aromatic heterocycles. The van der Waals surface area contributed by atoms with Gasteiger partial charge in [-0.3, -0.25) is 9.78 Å². The lowest BCUT2D eigenvalue weighted by Gasteiger charge is -2.11. The fourth-order valence-corrected chi connectivity index (χ4v) is 2.37. The molecular formula is C20H25N3O5. The number of methoxy groups -OCH3 is 1. The van der Waals surface area contributed by atoms with Crippen LogP contribution < -0.4 is 15.2 Å². The number of benzene rings is 1. The molecule has 8 nitrogen and oxygen atoms in total. The third-order valence-corrected chi connectivity index (χ3v) is 3.57. The molecule has 8 heteroatoms. The van der Waals surface area contributed by atoms with Gasteiger partial charge in [0.15, 0.2) is 11.5 Å². The van der Waals surface area contributed by atoms with E-state index in [4.69, 9.17) is 24.7 Å². The Bertz CT molecular complexity index is 823. The van der Waals surface area contributed by atoms with Crippen molar-refractivity contribution in [3.63, 3.8) is 0 Å². The van der Waals surface area contributed by atoms with Crippen LogP contribution in [0.25, 0.3) is 0 Å². The van der Waals surface area contributed by atoms with Crippen LogP contribution in [-0.2, 0) is 16.1 Å². The highest BCUT2D eigenvalue weighted by Gasteiger charge is 2.12. The smallest absolute Gasteiger partial charge is 0.279 e. The van der Waals surface area contributed by atoms with Crippen LogP contribution in [0.2, 0.25) is 0 Å². The van der Waals surface area contributed by atoms with Gasteiger partial charge in [-0.2, -0.15) is 4.99 Å². The molecule has 28 heavy (non-hydrogen) atoms. The zero-order valence-corrected chi connectivity index (χ0v) is 16.3. The van der Waals surface area contributed by atoms with Crippen molar-refractivity contribution in [3.05, 3.63) is 53.3 Å². The first-order valence-corrected chi connectivity index (χ1v) is 8.88. The maximum atomic E-state index is 12.5. The van der Waals surface area contributed by atoms with E-state index in [2.05, 4.69) is 9.98 Å². The zero-order valence-electron chi connectivity index (χ0n) is 16.3. The summed E-state index contributed by atoms with van der Waals surface area (Å²) >= 11 is 0. The number of hydrogen-bond acceptors (Lipinski definition) is 6. The number of aliphatic imine (C=N–C) groups is 1. The van der Waals surface area contributed by atoms with Gasteiger partial charge >= 0.3 is 0 Å². The highest BCUT2D eigenvalue weighted by atomic mass is 16.7. The number of hydrogen-bond donors (Lipinski definition) is 1. The molecule has 0 unspecified atom stereocenters. The van der Waals surface area contributed by atoms with Gasteiger partial charge in [0.25, 0.3) is 5.91 Å². The van der Waals surface area contributed by atoms with Gasteiger partial charge in [0, 0.05) is 30.6 Å². The van der Waals surface area contributed by atoms with Gasteiger partial charge < -0.3 is 24.7 Å². The molecule has 1 aromatic carbocycles. The van der Waals surface area contributed by atoms with Crippen LogP contribution in [0.3, 0.4) is 0 Å². The lowest BCUT2D eigenvalue weighted by atomic mass is 10.1. The van der Waals surface area contributed by atoms with E-state index < -0.39 is 5.91 Å². The molecule has 2 N–H and O–H groups in total. The fourth-order valence-electron chi connectivity index (χ4n) is 2.37. The van der Waals surface area contributed by atoms with Crippen LogP contribution >= 0.6 is 0 Å². The normalized spacial score (nSPS) is 11.3. The van der Waals surface area contributed by atoms with Crippen molar-refractivity contribution >= 4 is 11.7 Å². The maximum absolute atomic E-state index is 12.5. The number of pyridine rings is 1. The molecule has 150 valence electrons. The molecule has 0 aliphatic carbocycles. The van der Waals surface area contributed by atoms with Crippen molar-refractivity contribution in [1.29, 1.82) is 0 Å². The van der Waals surface area contributed by atoms with Crippen molar-refractivity contribution in [2.75, 3.05) is 27.1 Å². The largest absolute Gasteiger partial charge is 0.490 e. The zero-order chi connectivity index (χ0) is 20.4. The van der Waals surface area contributed by atoms with Crippen LogP contribution in [0.5, 0.6) is 11.5 Å². The first kappa shape index (κ1) is 21.3. The maximum Gasteiger partial charge on any atom is 0.279 e. The lowest BCUT2D eigenvalue weighted by Crippen LogP contribution is -2.17. The monoisotopic (exact) mass is 387 g/mol. The Morgan fingerprint density at radius 3 is 2.54 bits per heavy atom. The number of amidine groups is 1. The number of nitrogens with two attached hydrogens (primary N) is 1. The van der Waals surface area contributed by atoms with E-state index in [1.165, 1.54) is 6.20 Å². The van der Waals surface area contributed by atoms with Gasteiger partial charge in [-0.05, 0) is 43.7 Å². The molecule has 0 atom stereocenters. The van der Waals surface area contributed by atoms with Crippen molar-refractivity contribution in [2.24, 2.45) is 10.7 Å². The number of ether oxygens (including phenoxy) is 4. The lowest BCUT2D eigenvalue weighted by molar-refractivity contribution is -0.0391.